The van der Waals surface area contributed by atoms with Crippen LogP contribution in [0.4, 0.5) is 5.13 Å². The van der Waals surface area contributed by atoms with E-state index in [2.05, 4.69) is 29.4 Å². The summed E-state index contributed by atoms with van der Waals surface area (Å²) in [6, 6.07) is 12.0. The summed E-state index contributed by atoms with van der Waals surface area (Å²) in [6.07, 6.45) is 1.77. The first kappa shape index (κ1) is 17.6. The van der Waals surface area contributed by atoms with Gasteiger partial charge >= 0.3 is 0 Å². The van der Waals surface area contributed by atoms with Crippen molar-refractivity contribution in [1.29, 1.82) is 0 Å². The molecule has 25 heavy (non-hydrogen) atoms. The van der Waals surface area contributed by atoms with E-state index in [1.807, 2.05) is 29.6 Å². The van der Waals surface area contributed by atoms with Gasteiger partial charge in [-0.25, -0.2) is 4.98 Å². The van der Waals surface area contributed by atoms with Gasteiger partial charge in [-0.3, -0.25) is 0 Å². The fourth-order valence-corrected chi connectivity index (χ4v) is 3.28. The molecule has 4 nitrogen and oxygen atoms in total. The Morgan fingerprint density at radius 3 is 2.80 bits per heavy atom. The van der Waals surface area contributed by atoms with E-state index in [4.69, 9.17) is 21.1 Å². The molecular formula is C19H19ClN2O2S. The zero-order valence-electron chi connectivity index (χ0n) is 14.1. The van der Waals surface area contributed by atoms with Crippen LogP contribution in [0.5, 0.6) is 11.5 Å². The third-order valence-electron chi connectivity index (χ3n) is 3.63. The first-order chi connectivity index (χ1) is 12.2. The average Bonchev–Trinajstić information content (AvgIpc) is 3.12. The molecule has 0 aliphatic carbocycles. The van der Waals surface area contributed by atoms with E-state index >= 15 is 0 Å². The summed E-state index contributed by atoms with van der Waals surface area (Å²) in [5.41, 5.74) is 3.29. The normalized spacial score (nSPS) is 10.5. The largest absolute Gasteiger partial charge is 0.493 e. The quantitative estimate of drug-likeness (QED) is 0.609. The number of hydrogen-bond donors (Lipinski definition) is 1. The molecule has 2 aromatic carbocycles. The number of aryl methyl sites for hydroxylation is 1. The van der Waals surface area contributed by atoms with Crippen LogP contribution in [0, 0.1) is 6.92 Å². The van der Waals surface area contributed by atoms with Crippen molar-refractivity contribution in [2.45, 2.75) is 20.1 Å². The molecule has 1 aromatic heterocycles. The number of aromatic nitrogens is 1. The summed E-state index contributed by atoms with van der Waals surface area (Å²) in [6.45, 7) is 3.11. The maximum Gasteiger partial charge on any atom is 0.182 e. The maximum atomic E-state index is 6.43. The topological polar surface area (TPSA) is 43.4 Å². The molecule has 1 N–H and O–H groups in total. The van der Waals surface area contributed by atoms with Gasteiger partial charge in [0.05, 0.1) is 12.1 Å². The molecule has 3 rings (SSSR count). The van der Waals surface area contributed by atoms with Crippen molar-refractivity contribution >= 4 is 28.1 Å². The lowest BCUT2D eigenvalue weighted by molar-refractivity contribution is 0.284. The standard InChI is InChI=1S/C19H19ClN2O2S/c1-13-4-3-5-14(8-13)12-24-18-16(20)9-15(10-17(18)23-2)11-22-19-21-6-7-25-19/h3-10H,11-12H2,1-2H3,(H,21,22). The van der Waals surface area contributed by atoms with Crippen molar-refractivity contribution < 1.29 is 9.47 Å². The van der Waals surface area contributed by atoms with E-state index in [1.54, 1.807) is 24.6 Å². The monoisotopic (exact) mass is 374 g/mol. The van der Waals surface area contributed by atoms with Crippen LogP contribution in [-0.4, -0.2) is 12.1 Å². The van der Waals surface area contributed by atoms with Crippen LogP contribution in [0.25, 0.3) is 0 Å². The number of methoxy groups -OCH3 is 1. The molecule has 0 aliphatic heterocycles. The molecule has 0 atom stereocenters. The van der Waals surface area contributed by atoms with Gasteiger partial charge in [0, 0.05) is 18.1 Å². The van der Waals surface area contributed by atoms with Gasteiger partial charge in [0.25, 0.3) is 0 Å². The lowest BCUT2D eigenvalue weighted by atomic mass is 10.1. The SMILES string of the molecule is COc1cc(CNc2nccs2)cc(Cl)c1OCc1cccc(C)c1. The number of thiazole rings is 1. The highest BCUT2D eigenvalue weighted by Crippen LogP contribution is 2.37. The van der Waals surface area contributed by atoms with Crippen LogP contribution in [0.2, 0.25) is 5.02 Å². The Hall–Kier alpha value is -2.24. The Morgan fingerprint density at radius 2 is 2.08 bits per heavy atom. The molecule has 0 bridgehead atoms. The minimum Gasteiger partial charge on any atom is -0.493 e. The predicted molar refractivity (Wildman–Crippen MR) is 103 cm³/mol. The summed E-state index contributed by atoms with van der Waals surface area (Å²) >= 11 is 7.98. The van der Waals surface area contributed by atoms with Gasteiger partial charge in [-0.2, -0.15) is 0 Å². The van der Waals surface area contributed by atoms with Crippen LogP contribution < -0.4 is 14.8 Å². The minimum absolute atomic E-state index is 0.439. The summed E-state index contributed by atoms with van der Waals surface area (Å²) in [7, 11) is 1.61. The highest BCUT2D eigenvalue weighted by Gasteiger charge is 2.12. The van der Waals surface area contributed by atoms with Gasteiger partial charge in [0.15, 0.2) is 16.6 Å². The minimum atomic E-state index is 0.439. The van der Waals surface area contributed by atoms with Crippen molar-refractivity contribution in [2.24, 2.45) is 0 Å². The van der Waals surface area contributed by atoms with Crippen molar-refractivity contribution in [3.63, 3.8) is 0 Å². The van der Waals surface area contributed by atoms with Gasteiger partial charge in [-0.15, -0.1) is 11.3 Å². The number of nitrogens with one attached hydrogen (secondary N) is 1. The van der Waals surface area contributed by atoms with Gasteiger partial charge in [-0.05, 0) is 30.2 Å². The van der Waals surface area contributed by atoms with Gasteiger partial charge < -0.3 is 14.8 Å². The number of ether oxygens (including phenoxy) is 2. The Bertz CT molecular complexity index is 837. The third kappa shape index (κ3) is 4.65. The van der Waals surface area contributed by atoms with Crippen LogP contribution >= 0.6 is 22.9 Å². The highest BCUT2D eigenvalue weighted by atomic mass is 35.5. The maximum absolute atomic E-state index is 6.43. The number of halogens is 1. The molecule has 3 aromatic rings. The van der Waals surface area contributed by atoms with Crippen molar-refractivity contribution in [2.75, 3.05) is 12.4 Å². The first-order valence-corrected chi connectivity index (χ1v) is 9.09. The van der Waals surface area contributed by atoms with Crippen LogP contribution in [0.1, 0.15) is 16.7 Å². The number of hydrogen-bond acceptors (Lipinski definition) is 5. The van der Waals surface area contributed by atoms with E-state index in [1.165, 1.54) is 5.56 Å². The molecule has 0 unspecified atom stereocenters. The van der Waals surface area contributed by atoms with Crippen molar-refractivity contribution in [3.8, 4) is 11.5 Å². The lowest BCUT2D eigenvalue weighted by Crippen LogP contribution is -2.02. The molecule has 0 spiro atoms. The zero-order valence-corrected chi connectivity index (χ0v) is 15.7. The molecule has 0 aliphatic rings. The average molecular weight is 375 g/mol. The number of benzene rings is 2. The first-order valence-electron chi connectivity index (χ1n) is 7.84. The predicted octanol–water partition coefficient (Wildman–Crippen LogP) is 5.30. The van der Waals surface area contributed by atoms with Gasteiger partial charge in [-0.1, -0.05) is 41.4 Å². The van der Waals surface area contributed by atoms with E-state index in [0.717, 1.165) is 16.3 Å². The Balaban J connectivity index is 1.72. The van der Waals surface area contributed by atoms with Crippen molar-refractivity contribution in [1.82, 2.24) is 4.98 Å². The molecule has 0 saturated heterocycles. The van der Waals surface area contributed by atoms with Gasteiger partial charge in [0.1, 0.15) is 6.61 Å². The van der Waals surface area contributed by atoms with Crippen LogP contribution in [0.15, 0.2) is 48.0 Å². The van der Waals surface area contributed by atoms with Crippen LogP contribution in [-0.2, 0) is 13.2 Å². The highest BCUT2D eigenvalue weighted by molar-refractivity contribution is 7.13. The summed E-state index contributed by atoms with van der Waals surface area (Å²) < 4.78 is 11.4. The fourth-order valence-electron chi connectivity index (χ4n) is 2.46. The number of nitrogens with zero attached hydrogens (tertiary/aromatic N) is 1. The van der Waals surface area contributed by atoms with E-state index < -0.39 is 0 Å². The van der Waals surface area contributed by atoms with E-state index in [0.29, 0.717) is 29.7 Å². The Morgan fingerprint density at radius 1 is 1.20 bits per heavy atom. The molecule has 0 radical (unpaired) electrons. The van der Waals surface area contributed by atoms with E-state index in [9.17, 15) is 0 Å². The lowest BCUT2D eigenvalue weighted by Gasteiger charge is -2.15. The second-order valence-corrected chi connectivity index (χ2v) is 6.88. The molecular weight excluding hydrogens is 356 g/mol. The Labute approximate surface area is 156 Å². The summed E-state index contributed by atoms with van der Waals surface area (Å²) in [5.74, 6) is 1.18. The third-order valence-corrected chi connectivity index (χ3v) is 4.64. The number of rotatable bonds is 7. The Kier molecular flexibility index (Phi) is 5.79. The molecule has 0 saturated carbocycles. The molecule has 6 heteroatoms. The summed E-state index contributed by atoms with van der Waals surface area (Å²) in [4.78, 5) is 4.20. The molecule has 0 fully saturated rings. The second-order valence-electron chi connectivity index (χ2n) is 5.58. The molecule has 130 valence electrons. The van der Waals surface area contributed by atoms with Crippen molar-refractivity contribution in [3.05, 3.63) is 69.7 Å². The van der Waals surface area contributed by atoms with E-state index in [-0.39, 0.29) is 0 Å². The zero-order chi connectivity index (χ0) is 17.6. The van der Waals surface area contributed by atoms with Gasteiger partial charge in [0.2, 0.25) is 0 Å². The molecule has 0 amide bonds. The van der Waals surface area contributed by atoms with Crippen LogP contribution in [0.3, 0.4) is 0 Å². The molecule has 1 heterocycles. The summed E-state index contributed by atoms with van der Waals surface area (Å²) in [5, 5.41) is 6.58. The smallest absolute Gasteiger partial charge is 0.182 e. The number of anilines is 1. The fraction of sp³-hybridized carbons (Fsp3) is 0.211. The second kappa shape index (κ2) is 8.23.